The summed E-state index contributed by atoms with van der Waals surface area (Å²) in [5.74, 6) is 0.529. The Kier molecular flexibility index (Phi) is 5.06. The normalized spacial score (nSPS) is 20.9. The molecule has 21 heavy (non-hydrogen) atoms. The van der Waals surface area contributed by atoms with E-state index in [1.807, 2.05) is 45.9 Å². The summed E-state index contributed by atoms with van der Waals surface area (Å²) in [7, 11) is -0.412. The number of thiol groups is 1. The zero-order valence-corrected chi connectivity index (χ0v) is 15.0. The summed E-state index contributed by atoms with van der Waals surface area (Å²) in [6.07, 6.45) is 1.97. The van der Waals surface area contributed by atoms with Crippen molar-refractivity contribution in [2.24, 2.45) is 0 Å². The van der Waals surface area contributed by atoms with Crippen molar-refractivity contribution in [1.29, 1.82) is 0 Å². The van der Waals surface area contributed by atoms with Crippen LogP contribution in [0.1, 0.15) is 33.3 Å². The van der Waals surface area contributed by atoms with E-state index in [2.05, 4.69) is 12.6 Å². The van der Waals surface area contributed by atoms with Gasteiger partial charge in [0, 0.05) is 15.8 Å². The third kappa shape index (κ3) is 3.80. The van der Waals surface area contributed by atoms with Crippen LogP contribution in [-0.4, -0.2) is 24.1 Å². The van der Waals surface area contributed by atoms with Crippen LogP contribution in [0.2, 0.25) is 10.0 Å². The summed E-state index contributed by atoms with van der Waals surface area (Å²) in [6, 6.07) is 5.40. The Morgan fingerprint density at radius 2 is 1.57 bits per heavy atom. The van der Waals surface area contributed by atoms with Gasteiger partial charge in [0.1, 0.15) is 0 Å². The Labute approximate surface area is 142 Å². The molecular formula is C15H19BCl2O2S. The minimum absolute atomic E-state index is 0.369. The van der Waals surface area contributed by atoms with Gasteiger partial charge < -0.3 is 9.31 Å². The lowest BCUT2D eigenvalue weighted by atomic mass is 9.78. The smallest absolute Gasteiger partial charge is 0.400 e. The van der Waals surface area contributed by atoms with Crippen molar-refractivity contribution in [3.8, 4) is 0 Å². The first-order valence-corrected chi connectivity index (χ1v) is 8.16. The average molecular weight is 345 g/mol. The van der Waals surface area contributed by atoms with E-state index in [1.165, 1.54) is 0 Å². The maximum absolute atomic E-state index is 6.04. The maximum atomic E-state index is 6.04. The molecule has 0 bridgehead atoms. The molecule has 114 valence electrons. The van der Waals surface area contributed by atoms with Gasteiger partial charge in [0.25, 0.3) is 0 Å². The van der Waals surface area contributed by atoms with Crippen molar-refractivity contribution >= 4 is 49.0 Å². The summed E-state index contributed by atoms with van der Waals surface area (Å²) in [4.78, 5) is 0. The van der Waals surface area contributed by atoms with E-state index in [4.69, 9.17) is 32.5 Å². The fraction of sp³-hybridized carbons (Fsp3) is 0.467. The van der Waals surface area contributed by atoms with E-state index in [-0.39, 0.29) is 11.2 Å². The zero-order valence-electron chi connectivity index (χ0n) is 12.6. The third-order valence-electron chi connectivity index (χ3n) is 3.98. The first-order valence-electron chi connectivity index (χ1n) is 6.78. The summed E-state index contributed by atoms with van der Waals surface area (Å²) in [6.45, 7) is 8.11. The molecule has 0 aliphatic carbocycles. The number of benzene rings is 1. The van der Waals surface area contributed by atoms with E-state index in [1.54, 1.807) is 6.07 Å². The fourth-order valence-electron chi connectivity index (χ4n) is 2.06. The highest BCUT2D eigenvalue weighted by atomic mass is 35.5. The van der Waals surface area contributed by atoms with Crippen molar-refractivity contribution in [2.75, 3.05) is 5.75 Å². The van der Waals surface area contributed by atoms with Crippen LogP contribution < -0.4 is 0 Å². The van der Waals surface area contributed by atoms with E-state index in [9.17, 15) is 0 Å². The second-order valence-corrected chi connectivity index (χ2v) is 7.36. The highest BCUT2D eigenvalue weighted by Crippen LogP contribution is 2.39. The largest absolute Gasteiger partial charge is 0.491 e. The molecule has 1 heterocycles. The molecule has 1 fully saturated rings. The Balaban J connectivity index is 2.30. The van der Waals surface area contributed by atoms with Crippen molar-refractivity contribution in [3.63, 3.8) is 0 Å². The van der Waals surface area contributed by atoms with E-state index in [0.29, 0.717) is 15.8 Å². The van der Waals surface area contributed by atoms with Crippen LogP contribution in [0, 0.1) is 0 Å². The molecule has 1 aliphatic rings. The van der Waals surface area contributed by atoms with Crippen LogP contribution in [0.25, 0.3) is 6.08 Å². The van der Waals surface area contributed by atoms with Crippen LogP contribution >= 0.6 is 35.8 Å². The fourth-order valence-corrected chi connectivity index (χ4v) is 2.84. The predicted octanol–water partition coefficient (Wildman–Crippen LogP) is 4.94. The molecule has 1 aromatic rings. The van der Waals surface area contributed by atoms with E-state index >= 15 is 0 Å². The standard InChI is InChI=1S/C15H19BCl2O2S/c1-14(2)15(3,4)20-16(19-14)11(9-21)5-10-6-12(17)8-13(18)7-10/h5-8,21H,9H2,1-4H3. The first-order chi connectivity index (χ1) is 9.64. The molecule has 0 amide bonds. The molecule has 0 unspecified atom stereocenters. The SMILES string of the molecule is CC1(C)OB(C(=Cc2cc(Cl)cc(Cl)c2)CS)OC1(C)C. The average Bonchev–Trinajstić information content (AvgIpc) is 2.54. The third-order valence-corrected chi connectivity index (χ3v) is 4.78. The van der Waals surface area contributed by atoms with Gasteiger partial charge in [-0.05, 0) is 56.9 Å². The molecule has 1 saturated heterocycles. The molecular weight excluding hydrogens is 326 g/mol. The molecule has 1 aromatic carbocycles. The lowest BCUT2D eigenvalue weighted by molar-refractivity contribution is 0.00578. The van der Waals surface area contributed by atoms with Gasteiger partial charge in [-0.3, -0.25) is 0 Å². The molecule has 0 saturated carbocycles. The minimum atomic E-state index is -0.412. The summed E-state index contributed by atoms with van der Waals surface area (Å²) < 4.78 is 12.1. The minimum Gasteiger partial charge on any atom is -0.400 e. The van der Waals surface area contributed by atoms with Crippen LogP contribution in [0.5, 0.6) is 0 Å². The summed E-state index contributed by atoms with van der Waals surface area (Å²) >= 11 is 16.5. The Morgan fingerprint density at radius 3 is 2.00 bits per heavy atom. The van der Waals surface area contributed by atoms with Gasteiger partial charge in [-0.2, -0.15) is 12.6 Å². The van der Waals surface area contributed by atoms with Crippen molar-refractivity contribution in [1.82, 2.24) is 0 Å². The maximum Gasteiger partial charge on any atom is 0.491 e. The second-order valence-electron chi connectivity index (χ2n) is 6.17. The zero-order chi connectivity index (χ0) is 15.8. The van der Waals surface area contributed by atoms with Gasteiger partial charge in [0.2, 0.25) is 0 Å². The summed E-state index contributed by atoms with van der Waals surface area (Å²) in [5, 5.41) is 1.20. The predicted molar refractivity (Wildman–Crippen MR) is 94.4 cm³/mol. The molecule has 1 aliphatic heterocycles. The van der Waals surface area contributed by atoms with Crippen LogP contribution in [-0.2, 0) is 9.31 Å². The summed E-state index contributed by atoms with van der Waals surface area (Å²) in [5.41, 5.74) is 1.11. The lowest BCUT2D eigenvalue weighted by Gasteiger charge is -2.32. The van der Waals surface area contributed by atoms with Crippen LogP contribution in [0.4, 0.5) is 0 Å². The van der Waals surface area contributed by atoms with Crippen molar-refractivity contribution in [2.45, 2.75) is 38.9 Å². The van der Waals surface area contributed by atoms with Crippen molar-refractivity contribution in [3.05, 3.63) is 39.3 Å². The quantitative estimate of drug-likeness (QED) is 0.618. The highest BCUT2D eigenvalue weighted by molar-refractivity contribution is 7.80. The van der Waals surface area contributed by atoms with Gasteiger partial charge in [-0.15, -0.1) is 0 Å². The highest BCUT2D eigenvalue weighted by Gasteiger charge is 2.52. The lowest BCUT2D eigenvalue weighted by Crippen LogP contribution is -2.41. The van der Waals surface area contributed by atoms with Crippen molar-refractivity contribution < 1.29 is 9.31 Å². The van der Waals surface area contributed by atoms with Gasteiger partial charge >= 0.3 is 7.12 Å². The molecule has 0 atom stereocenters. The molecule has 2 nitrogen and oxygen atoms in total. The Morgan fingerprint density at radius 1 is 1.10 bits per heavy atom. The van der Waals surface area contributed by atoms with E-state index < -0.39 is 7.12 Å². The van der Waals surface area contributed by atoms with E-state index in [0.717, 1.165) is 11.0 Å². The van der Waals surface area contributed by atoms with Gasteiger partial charge in [-0.1, -0.05) is 29.3 Å². The molecule has 2 rings (SSSR count). The number of halogens is 2. The number of hydrogen-bond donors (Lipinski definition) is 1. The number of rotatable bonds is 3. The van der Waals surface area contributed by atoms with Gasteiger partial charge in [-0.25, -0.2) is 0 Å². The second kappa shape index (κ2) is 6.17. The molecule has 0 N–H and O–H groups in total. The van der Waals surface area contributed by atoms with Crippen LogP contribution in [0.3, 0.4) is 0 Å². The Hall–Kier alpha value is -0.125. The van der Waals surface area contributed by atoms with Crippen LogP contribution in [0.15, 0.2) is 23.7 Å². The Bertz CT molecular complexity index is 537. The number of hydrogen-bond acceptors (Lipinski definition) is 3. The monoisotopic (exact) mass is 344 g/mol. The molecule has 0 radical (unpaired) electrons. The topological polar surface area (TPSA) is 18.5 Å². The van der Waals surface area contributed by atoms with Gasteiger partial charge in [0.05, 0.1) is 11.2 Å². The molecule has 0 aromatic heterocycles. The first kappa shape index (κ1) is 17.2. The molecule has 0 spiro atoms. The molecule has 6 heteroatoms. The van der Waals surface area contributed by atoms with Gasteiger partial charge in [0.15, 0.2) is 0 Å².